The zero-order chi connectivity index (χ0) is 15.1. The molecule has 0 unspecified atom stereocenters. The molecule has 1 amide bonds. The van der Waals surface area contributed by atoms with Gasteiger partial charge in [0.25, 0.3) is 5.91 Å². The van der Waals surface area contributed by atoms with Crippen LogP contribution in [-0.2, 0) is 11.2 Å². The van der Waals surface area contributed by atoms with E-state index in [0.717, 1.165) is 20.9 Å². The highest BCUT2D eigenvalue weighted by Crippen LogP contribution is 2.35. The maximum absolute atomic E-state index is 11.3. The number of nitrogens with two attached hydrogens (primary N) is 1. The minimum atomic E-state index is -0.375. The van der Waals surface area contributed by atoms with Crippen LogP contribution in [0, 0.1) is 5.41 Å². The number of rotatable bonds is 7. The Kier molecular flexibility index (Phi) is 7.18. The lowest BCUT2D eigenvalue weighted by Gasteiger charge is -2.12. The second kappa shape index (κ2) is 8.39. The molecule has 4 N–H and O–H groups in total. The summed E-state index contributed by atoms with van der Waals surface area (Å²) in [5, 5.41) is 10.1. The third-order valence-electron chi connectivity index (χ3n) is 2.53. The molecular formula is C13H17Br2N3O2. The number of hydrogen-bond donors (Lipinski definition) is 3. The van der Waals surface area contributed by atoms with E-state index in [-0.39, 0.29) is 18.0 Å². The fraction of sp³-hybridized carbons (Fsp3) is 0.385. The molecule has 110 valence electrons. The van der Waals surface area contributed by atoms with Gasteiger partial charge in [-0.1, -0.05) is 0 Å². The number of carbonyl (C=O) groups excluding carboxylic acids is 1. The van der Waals surface area contributed by atoms with Crippen LogP contribution in [-0.4, -0.2) is 31.8 Å². The number of carbonyl (C=O) groups is 1. The van der Waals surface area contributed by atoms with E-state index in [1.165, 1.54) is 7.05 Å². The monoisotopic (exact) mass is 405 g/mol. The van der Waals surface area contributed by atoms with Gasteiger partial charge in [0.2, 0.25) is 0 Å². The maximum Gasteiger partial charge on any atom is 0.265 e. The van der Waals surface area contributed by atoms with Crippen molar-refractivity contribution in [2.45, 2.75) is 12.8 Å². The smallest absolute Gasteiger partial charge is 0.265 e. The summed E-state index contributed by atoms with van der Waals surface area (Å²) in [4.78, 5) is 11.3. The summed E-state index contributed by atoms with van der Waals surface area (Å²) in [5.41, 5.74) is 6.29. The predicted molar refractivity (Wildman–Crippen MR) is 86.5 cm³/mol. The Labute approximate surface area is 135 Å². The van der Waals surface area contributed by atoms with E-state index in [1.54, 1.807) is 0 Å². The van der Waals surface area contributed by atoms with Crippen LogP contribution in [0.15, 0.2) is 21.1 Å². The first kappa shape index (κ1) is 17.1. The third kappa shape index (κ3) is 4.88. The van der Waals surface area contributed by atoms with E-state index in [4.69, 9.17) is 15.9 Å². The fourth-order valence-corrected chi connectivity index (χ4v) is 3.06. The first-order valence-electron chi connectivity index (χ1n) is 6.09. The van der Waals surface area contributed by atoms with Gasteiger partial charge in [-0.25, -0.2) is 0 Å². The summed E-state index contributed by atoms with van der Waals surface area (Å²) in [6.45, 7) is 1.12. The van der Waals surface area contributed by atoms with Gasteiger partial charge < -0.3 is 15.8 Å². The van der Waals surface area contributed by atoms with Crippen molar-refractivity contribution in [1.82, 2.24) is 5.32 Å². The molecule has 0 aliphatic heterocycles. The number of benzene rings is 1. The standard InChI is InChI=1S/C13H17Br2N3O2/c1-18-13(19)11(17)7-8-5-9(14)12(10(15)6-8)20-4-2-3-16/h5-6,17H,2-4,7,16H2,1H3,(H,18,19). The summed E-state index contributed by atoms with van der Waals surface area (Å²) in [6.07, 6.45) is 1.04. The van der Waals surface area contributed by atoms with E-state index in [2.05, 4.69) is 37.2 Å². The van der Waals surface area contributed by atoms with Gasteiger partial charge in [0.15, 0.2) is 0 Å². The molecule has 5 nitrogen and oxygen atoms in total. The molecule has 0 spiro atoms. The number of halogens is 2. The highest BCUT2D eigenvalue weighted by atomic mass is 79.9. The Balaban J connectivity index is 2.82. The van der Waals surface area contributed by atoms with Gasteiger partial charge in [0.05, 0.1) is 15.6 Å². The molecule has 0 saturated carbocycles. The lowest BCUT2D eigenvalue weighted by Crippen LogP contribution is -2.28. The second-order valence-electron chi connectivity index (χ2n) is 4.11. The normalized spacial score (nSPS) is 10.2. The molecule has 0 saturated heterocycles. The molecule has 0 aliphatic rings. The van der Waals surface area contributed by atoms with Gasteiger partial charge in [-0.05, 0) is 62.5 Å². The van der Waals surface area contributed by atoms with Crippen molar-refractivity contribution < 1.29 is 9.53 Å². The van der Waals surface area contributed by atoms with Crippen LogP contribution in [0.25, 0.3) is 0 Å². The lowest BCUT2D eigenvalue weighted by atomic mass is 10.1. The Morgan fingerprint density at radius 3 is 2.50 bits per heavy atom. The van der Waals surface area contributed by atoms with Gasteiger partial charge >= 0.3 is 0 Å². The van der Waals surface area contributed by atoms with Crippen molar-refractivity contribution in [3.8, 4) is 5.75 Å². The minimum Gasteiger partial charge on any atom is -0.491 e. The molecule has 1 rings (SSSR count). The second-order valence-corrected chi connectivity index (χ2v) is 5.82. The molecule has 0 radical (unpaired) electrons. The van der Waals surface area contributed by atoms with Crippen LogP contribution >= 0.6 is 31.9 Å². The summed E-state index contributed by atoms with van der Waals surface area (Å²) in [6, 6.07) is 3.69. The molecule has 0 atom stereocenters. The number of ether oxygens (including phenoxy) is 1. The lowest BCUT2D eigenvalue weighted by molar-refractivity contribution is -0.114. The van der Waals surface area contributed by atoms with Crippen LogP contribution in [0.1, 0.15) is 12.0 Å². The fourth-order valence-electron chi connectivity index (χ4n) is 1.55. The predicted octanol–water partition coefficient (Wildman–Crippen LogP) is 2.25. The van der Waals surface area contributed by atoms with Crippen molar-refractivity contribution in [1.29, 1.82) is 5.41 Å². The molecule has 1 aromatic carbocycles. The van der Waals surface area contributed by atoms with Gasteiger partial charge in [-0.15, -0.1) is 0 Å². The van der Waals surface area contributed by atoms with E-state index in [0.29, 0.717) is 18.9 Å². The van der Waals surface area contributed by atoms with Crippen molar-refractivity contribution in [2.75, 3.05) is 20.2 Å². The molecule has 0 heterocycles. The van der Waals surface area contributed by atoms with Crippen molar-refractivity contribution in [3.05, 3.63) is 26.6 Å². The number of hydrogen-bond acceptors (Lipinski definition) is 4. The van der Waals surface area contributed by atoms with Crippen molar-refractivity contribution >= 4 is 43.5 Å². The third-order valence-corrected chi connectivity index (χ3v) is 3.71. The van der Waals surface area contributed by atoms with Crippen LogP contribution in [0.5, 0.6) is 5.75 Å². The van der Waals surface area contributed by atoms with Gasteiger partial charge in [-0.2, -0.15) is 0 Å². The van der Waals surface area contributed by atoms with Gasteiger partial charge in [-0.3, -0.25) is 10.2 Å². The zero-order valence-electron chi connectivity index (χ0n) is 11.1. The van der Waals surface area contributed by atoms with E-state index < -0.39 is 0 Å². The summed E-state index contributed by atoms with van der Waals surface area (Å²) >= 11 is 6.87. The van der Waals surface area contributed by atoms with Crippen molar-refractivity contribution in [3.63, 3.8) is 0 Å². The average Bonchev–Trinajstić information content (AvgIpc) is 2.40. The SMILES string of the molecule is CNC(=O)C(=N)Cc1cc(Br)c(OCCCN)c(Br)c1. The Bertz CT molecular complexity index is 483. The summed E-state index contributed by atoms with van der Waals surface area (Å²) in [5.74, 6) is 0.328. The van der Waals surface area contributed by atoms with Crippen LogP contribution in [0.3, 0.4) is 0 Å². The van der Waals surface area contributed by atoms with Crippen LogP contribution in [0.2, 0.25) is 0 Å². The average molecular weight is 407 g/mol. The van der Waals surface area contributed by atoms with Gasteiger partial charge in [0.1, 0.15) is 11.5 Å². The van der Waals surface area contributed by atoms with Crippen molar-refractivity contribution in [2.24, 2.45) is 5.73 Å². The maximum atomic E-state index is 11.3. The molecule has 7 heteroatoms. The highest BCUT2D eigenvalue weighted by molar-refractivity contribution is 9.11. The van der Waals surface area contributed by atoms with Crippen LogP contribution in [0.4, 0.5) is 0 Å². The molecule has 0 fully saturated rings. The summed E-state index contributed by atoms with van der Waals surface area (Å²) in [7, 11) is 1.51. The quantitative estimate of drug-likeness (QED) is 0.479. The van der Waals surface area contributed by atoms with E-state index in [1.807, 2.05) is 12.1 Å². The zero-order valence-corrected chi connectivity index (χ0v) is 14.3. The molecule has 0 bridgehead atoms. The van der Waals surface area contributed by atoms with Gasteiger partial charge in [0, 0.05) is 13.5 Å². The number of nitrogens with one attached hydrogen (secondary N) is 2. The first-order chi connectivity index (χ1) is 9.49. The largest absolute Gasteiger partial charge is 0.491 e. The molecule has 20 heavy (non-hydrogen) atoms. The number of amides is 1. The highest BCUT2D eigenvalue weighted by Gasteiger charge is 2.13. The molecule has 0 aromatic heterocycles. The molecule has 1 aromatic rings. The first-order valence-corrected chi connectivity index (χ1v) is 7.68. The molecular weight excluding hydrogens is 390 g/mol. The Morgan fingerprint density at radius 1 is 1.40 bits per heavy atom. The van der Waals surface area contributed by atoms with Crippen LogP contribution < -0.4 is 15.8 Å². The Morgan fingerprint density at radius 2 is 2.00 bits per heavy atom. The van der Waals surface area contributed by atoms with E-state index >= 15 is 0 Å². The topological polar surface area (TPSA) is 88.2 Å². The molecule has 0 aliphatic carbocycles. The minimum absolute atomic E-state index is 0.0168. The van der Waals surface area contributed by atoms with E-state index in [9.17, 15) is 4.79 Å². The summed E-state index contributed by atoms with van der Waals surface area (Å²) < 4.78 is 7.19. The Hall–Kier alpha value is -0.920.